The van der Waals surface area contributed by atoms with Crippen LogP contribution >= 0.6 is 11.3 Å². The van der Waals surface area contributed by atoms with Gasteiger partial charge in [-0.3, -0.25) is 4.79 Å². The number of nitrogens with one attached hydrogen (secondary N) is 2. The van der Waals surface area contributed by atoms with Crippen molar-refractivity contribution in [1.82, 2.24) is 14.9 Å². The molecule has 0 spiro atoms. The number of piperazine rings is 1. The molecule has 2 rings (SSSR count). The summed E-state index contributed by atoms with van der Waals surface area (Å²) in [7, 11) is -3.41. The third-order valence-electron chi connectivity index (χ3n) is 3.90. The van der Waals surface area contributed by atoms with Gasteiger partial charge in [0.2, 0.25) is 5.91 Å². The molecule has 1 fully saturated rings. The van der Waals surface area contributed by atoms with Gasteiger partial charge >= 0.3 is 0 Å². The van der Waals surface area contributed by atoms with Crippen molar-refractivity contribution < 1.29 is 13.2 Å². The number of rotatable bonds is 5. The van der Waals surface area contributed by atoms with Crippen LogP contribution < -0.4 is 10.6 Å². The number of hydrogen-bond donors (Lipinski definition) is 2. The molecule has 1 saturated heterocycles. The van der Waals surface area contributed by atoms with Crippen LogP contribution in [0.5, 0.6) is 0 Å². The van der Waals surface area contributed by atoms with Crippen LogP contribution in [0.25, 0.3) is 0 Å². The van der Waals surface area contributed by atoms with Crippen LogP contribution in [0.1, 0.15) is 32.6 Å². The van der Waals surface area contributed by atoms with Gasteiger partial charge in [0.15, 0.2) is 0 Å². The highest BCUT2D eigenvalue weighted by molar-refractivity contribution is 7.91. The smallest absolute Gasteiger partial charge is 0.252 e. The van der Waals surface area contributed by atoms with E-state index >= 15 is 0 Å². The SMILES string of the molecule is CC1CN(S(=O)(=O)c2ccc(CCNC(=O)C(C)(C)C)s2)CCN1. The number of nitrogens with zero attached hydrogens (tertiary/aromatic N) is 1. The molecular weight excluding hydrogens is 346 g/mol. The summed E-state index contributed by atoms with van der Waals surface area (Å²) in [5, 5.41) is 6.14. The summed E-state index contributed by atoms with van der Waals surface area (Å²) in [6, 6.07) is 3.68. The molecule has 2 N–H and O–H groups in total. The lowest BCUT2D eigenvalue weighted by Gasteiger charge is -2.30. The molecular formula is C16H27N3O3S2. The molecule has 2 heterocycles. The van der Waals surface area contributed by atoms with Crippen molar-refractivity contribution >= 4 is 27.3 Å². The highest BCUT2D eigenvalue weighted by Gasteiger charge is 2.29. The lowest BCUT2D eigenvalue weighted by Crippen LogP contribution is -2.51. The van der Waals surface area contributed by atoms with Crippen molar-refractivity contribution in [2.45, 2.75) is 44.4 Å². The maximum atomic E-state index is 12.7. The normalized spacial score (nSPS) is 20.1. The highest BCUT2D eigenvalue weighted by atomic mass is 32.2. The average Bonchev–Trinajstić information content (AvgIpc) is 2.95. The van der Waals surface area contributed by atoms with Gasteiger partial charge in [0, 0.05) is 42.5 Å². The van der Waals surface area contributed by atoms with Crippen molar-refractivity contribution in [2.75, 3.05) is 26.2 Å². The lowest BCUT2D eigenvalue weighted by atomic mass is 9.96. The van der Waals surface area contributed by atoms with E-state index < -0.39 is 15.4 Å². The first-order valence-electron chi connectivity index (χ1n) is 8.21. The molecule has 0 saturated carbocycles. The minimum atomic E-state index is -3.41. The van der Waals surface area contributed by atoms with Gasteiger partial charge in [0.05, 0.1) is 0 Å². The maximum absolute atomic E-state index is 12.7. The van der Waals surface area contributed by atoms with E-state index in [4.69, 9.17) is 0 Å². The molecule has 1 amide bonds. The first-order valence-corrected chi connectivity index (χ1v) is 10.5. The third kappa shape index (κ3) is 4.78. The fourth-order valence-corrected chi connectivity index (χ4v) is 5.48. The Balaban J connectivity index is 1.96. The molecule has 1 unspecified atom stereocenters. The summed E-state index contributed by atoms with van der Waals surface area (Å²) < 4.78 is 27.3. The van der Waals surface area contributed by atoms with Gasteiger partial charge in [-0.05, 0) is 25.5 Å². The quantitative estimate of drug-likeness (QED) is 0.819. The minimum absolute atomic E-state index is 0.00158. The van der Waals surface area contributed by atoms with Crippen LogP contribution in [-0.4, -0.2) is 50.9 Å². The van der Waals surface area contributed by atoms with E-state index in [9.17, 15) is 13.2 Å². The van der Waals surface area contributed by atoms with E-state index in [1.54, 1.807) is 10.4 Å². The molecule has 8 heteroatoms. The van der Waals surface area contributed by atoms with Crippen LogP contribution in [0.15, 0.2) is 16.3 Å². The van der Waals surface area contributed by atoms with E-state index in [1.807, 2.05) is 33.8 Å². The third-order valence-corrected chi connectivity index (χ3v) is 7.38. The lowest BCUT2D eigenvalue weighted by molar-refractivity contribution is -0.128. The Bertz CT molecular complexity index is 677. The molecule has 136 valence electrons. The number of carbonyl (C=O) groups excluding carboxylic acids is 1. The Labute approximate surface area is 148 Å². The zero-order valence-electron chi connectivity index (χ0n) is 14.8. The summed E-state index contributed by atoms with van der Waals surface area (Å²) in [5.74, 6) is 0.00158. The summed E-state index contributed by atoms with van der Waals surface area (Å²) >= 11 is 1.29. The summed E-state index contributed by atoms with van der Waals surface area (Å²) in [6.07, 6.45) is 0.639. The molecule has 0 aliphatic carbocycles. The number of thiophene rings is 1. The first kappa shape index (κ1) is 19.4. The molecule has 24 heavy (non-hydrogen) atoms. The van der Waals surface area contributed by atoms with Crippen LogP contribution in [0.3, 0.4) is 0 Å². The van der Waals surface area contributed by atoms with Gasteiger partial charge in [-0.15, -0.1) is 11.3 Å². The first-order chi connectivity index (χ1) is 11.1. The zero-order valence-corrected chi connectivity index (χ0v) is 16.4. The monoisotopic (exact) mass is 373 g/mol. The number of sulfonamides is 1. The van der Waals surface area contributed by atoms with Gasteiger partial charge in [0.1, 0.15) is 4.21 Å². The molecule has 1 aromatic rings. The zero-order chi connectivity index (χ0) is 18.0. The Kier molecular flexibility index (Phi) is 6.06. The maximum Gasteiger partial charge on any atom is 0.252 e. The Morgan fingerprint density at radius 1 is 1.42 bits per heavy atom. The molecule has 6 nitrogen and oxygen atoms in total. The predicted octanol–water partition coefficient (Wildman–Crippen LogP) is 1.44. The fraction of sp³-hybridized carbons (Fsp3) is 0.688. The van der Waals surface area contributed by atoms with Gasteiger partial charge in [-0.1, -0.05) is 20.8 Å². The van der Waals surface area contributed by atoms with E-state index in [2.05, 4.69) is 10.6 Å². The molecule has 1 aliphatic rings. The van der Waals surface area contributed by atoms with E-state index in [-0.39, 0.29) is 11.9 Å². The number of amides is 1. The summed E-state index contributed by atoms with van der Waals surface area (Å²) in [5.41, 5.74) is -0.414. The topological polar surface area (TPSA) is 78.5 Å². The van der Waals surface area contributed by atoms with Crippen molar-refractivity contribution in [3.8, 4) is 0 Å². The van der Waals surface area contributed by atoms with Crippen LogP contribution in [-0.2, 0) is 21.2 Å². The van der Waals surface area contributed by atoms with Crippen molar-refractivity contribution in [2.24, 2.45) is 5.41 Å². The second-order valence-electron chi connectivity index (χ2n) is 7.19. The second-order valence-corrected chi connectivity index (χ2v) is 10.5. The van der Waals surface area contributed by atoms with Crippen LogP contribution in [0, 0.1) is 5.41 Å². The fourth-order valence-electron chi connectivity index (χ4n) is 2.44. The standard InChI is InChI=1S/C16H27N3O3S2/c1-12-11-19(10-9-17-12)24(21,22)14-6-5-13(23-14)7-8-18-15(20)16(2,3)4/h5-6,12,17H,7-11H2,1-4H3,(H,18,20). The van der Waals surface area contributed by atoms with Crippen molar-refractivity contribution in [1.29, 1.82) is 0 Å². The second kappa shape index (κ2) is 7.51. The van der Waals surface area contributed by atoms with Crippen LogP contribution in [0.4, 0.5) is 0 Å². The molecule has 1 atom stereocenters. The molecule has 0 radical (unpaired) electrons. The van der Waals surface area contributed by atoms with Gasteiger partial charge < -0.3 is 10.6 Å². The molecule has 0 aromatic carbocycles. The van der Waals surface area contributed by atoms with Crippen LogP contribution in [0.2, 0.25) is 0 Å². The minimum Gasteiger partial charge on any atom is -0.355 e. The van der Waals surface area contributed by atoms with E-state index in [1.165, 1.54) is 11.3 Å². The average molecular weight is 374 g/mol. The summed E-state index contributed by atoms with van der Waals surface area (Å²) in [4.78, 5) is 12.8. The van der Waals surface area contributed by atoms with Crippen molar-refractivity contribution in [3.05, 3.63) is 17.0 Å². The molecule has 1 aliphatic heterocycles. The largest absolute Gasteiger partial charge is 0.355 e. The Morgan fingerprint density at radius 3 is 2.75 bits per heavy atom. The number of hydrogen-bond acceptors (Lipinski definition) is 5. The molecule has 1 aromatic heterocycles. The van der Waals surface area contributed by atoms with Gasteiger partial charge in [-0.2, -0.15) is 4.31 Å². The Hall–Kier alpha value is -0.960. The molecule has 0 bridgehead atoms. The predicted molar refractivity (Wildman–Crippen MR) is 96.7 cm³/mol. The van der Waals surface area contributed by atoms with Crippen molar-refractivity contribution in [3.63, 3.8) is 0 Å². The highest BCUT2D eigenvalue weighted by Crippen LogP contribution is 2.26. The van der Waals surface area contributed by atoms with E-state index in [0.717, 1.165) is 4.88 Å². The Morgan fingerprint density at radius 2 is 2.12 bits per heavy atom. The van der Waals surface area contributed by atoms with Gasteiger partial charge in [-0.25, -0.2) is 8.42 Å². The van der Waals surface area contributed by atoms with E-state index in [0.29, 0.717) is 36.8 Å². The number of carbonyl (C=O) groups is 1. The summed E-state index contributed by atoms with van der Waals surface area (Å²) in [6.45, 7) is 9.78. The van der Waals surface area contributed by atoms with Gasteiger partial charge in [0.25, 0.3) is 10.0 Å².